The number of hydrogen-bond acceptors (Lipinski definition) is 5. The van der Waals surface area contributed by atoms with Crippen molar-refractivity contribution in [2.24, 2.45) is 0 Å². The minimum Gasteiger partial charge on any atom is -0.377 e. The normalized spacial score (nSPS) is 22.4. The summed E-state index contributed by atoms with van der Waals surface area (Å²) in [5.74, 6) is 1.15. The van der Waals surface area contributed by atoms with Gasteiger partial charge in [-0.1, -0.05) is 5.16 Å². The zero-order valence-electron chi connectivity index (χ0n) is 7.52. The fourth-order valence-corrected chi connectivity index (χ4v) is 1.36. The van der Waals surface area contributed by atoms with Crippen molar-refractivity contribution in [3.05, 3.63) is 11.7 Å². The first-order valence-corrected chi connectivity index (χ1v) is 4.33. The molecule has 1 fully saturated rings. The lowest BCUT2D eigenvalue weighted by Gasteiger charge is -2.00. The maximum absolute atomic E-state index is 5.39. The number of hydrogen-bond donors (Lipinski definition) is 0. The summed E-state index contributed by atoms with van der Waals surface area (Å²) in [4.78, 5) is 4.15. The second-order valence-corrected chi connectivity index (χ2v) is 2.98. The topological polar surface area (TPSA) is 57.4 Å². The van der Waals surface area contributed by atoms with E-state index in [2.05, 4.69) is 10.1 Å². The fourth-order valence-electron chi connectivity index (χ4n) is 1.36. The van der Waals surface area contributed by atoms with Crippen LogP contribution < -0.4 is 0 Å². The molecule has 0 saturated carbocycles. The van der Waals surface area contributed by atoms with E-state index in [1.807, 2.05) is 0 Å². The Morgan fingerprint density at radius 2 is 2.54 bits per heavy atom. The van der Waals surface area contributed by atoms with Crippen LogP contribution >= 0.6 is 0 Å². The second-order valence-electron chi connectivity index (χ2n) is 2.98. The van der Waals surface area contributed by atoms with E-state index in [4.69, 9.17) is 14.0 Å². The third kappa shape index (κ3) is 1.87. The Bertz CT molecular complexity index is 268. The number of methoxy groups -OCH3 is 1. The molecule has 5 heteroatoms. The lowest BCUT2D eigenvalue weighted by Crippen LogP contribution is -1.96. The molecule has 0 amide bonds. The van der Waals surface area contributed by atoms with Crippen molar-refractivity contribution in [1.29, 1.82) is 0 Å². The zero-order valence-corrected chi connectivity index (χ0v) is 7.52. The van der Waals surface area contributed by atoms with Gasteiger partial charge in [0.05, 0.1) is 0 Å². The molecule has 0 unspecified atom stereocenters. The largest absolute Gasteiger partial charge is 0.377 e. The lowest BCUT2D eigenvalue weighted by atomic mass is 10.2. The summed E-state index contributed by atoms with van der Waals surface area (Å²) in [5.41, 5.74) is 0. The molecule has 5 nitrogen and oxygen atoms in total. The highest BCUT2D eigenvalue weighted by atomic mass is 16.5. The molecule has 1 saturated heterocycles. The van der Waals surface area contributed by atoms with Gasteiger partial charge in [-0.3, -0.25) is 0 Å². The van der Waals surface area contributed by atoms with E-state index in [0.29, 0.717) is 18.3 Å². The van der Waals surface area contributed by atoms with E-state index in [9.17, 15) is 0 Å². The molecule has 1 aliphatic rings. The maximum atomic E-state index is 5.39. The third-order valence-electron chi connectivity index (χ3n) is 1.96. The molecule has 13 heavy (non-hydrogen) atoms. The fraction of sp³-hybridized carbons (Fsp3) is 0.750. The van der Waals surface area contributed by atoms with Gasteiger partial charge >= 0.3 is 0 Å². The Labute approximate surface area is 76.0 Å². The Morgan fingerprint density at radius 3 is 3.23 bits per heavy atom. The molecule has 1 aliphatic heterocycles. The zero-order chi connectivity index (χ0) is 9.10. The van der Waals surface area contributed by atoms with Gasteiger partial charge in [-0.25, -0.2) is 0 Å². The van der Waals surface area contributed by atoms with Crippen LogP contribution in [-0.2, 0) is 16.1 Å². The summed E-state index contributed by atoms with van der Waals surface area (Å²) in [6.07, 6.45) is 2.03. The van der Waals surface area contributed by atoms with E-state index < -0.39 is 0 Å². The van der Waals surface area contributed by atoms with Crippen LogP contribution in [-0.4, -0.2) is 23.9 Å². The summed E-state index contributed by atoms with van der Waals surface area (Å²) < 4.78 is 15.3. The molecule has 72 valence electrons. The highest BCUT2D eigenvalue weighted by Crippen LogP contribution is 2.26. The van der Waals surface area contributed by atoms with Gasteiger partial charge in [0, 0.05) is 13.7 Å². The van der Waals surface area contributed by atoms with E-state index in [1.54, 1.807) is 7.11 Å². The minimum atomic E-state index is -0.00175. The van der Waals surface area contributed by atoms with Gasteiger partial charge in [0.15, 0.2) is 5.82 Å². The summed E-state index contributed by atoms with van der Waals surface area (Å²) in [6.45, 7) is 1.17. The van der Waals surface area contributed by atoms with Gasteiger partial charge in [0.1, 0.15) is 12.7 Å². The summed E-state index contributed by atoms with van der Waals surface area (Å²) >= 11 is 0. The highest BCUT2D eigenvalue weighted by molar-refractivity contribution is 4.90. The van der Waals surface area contributed by atoms with Crippen molar-refractivity contribution in [3.8, 4) is 0 Å². The predicted octanol–water partition coefficient (Wildman–Crippen LogP) is 1.07. The van der Waals surface area contributed by atoms with Crippen molar-refractivity contribution in [1.82, 2.24) is 10.1 Å². The number of rotatable bonds is 3. The SMILES string of the molecule is COCc1noc([C@@H]2CCCO2)n1. The van der Waals surface area contributed by atoms with Gasteiger partial charge in [-0.15, -0.1) is 0 Å². The molecule has 1 atom stereocenters. The molecular weight excluding hydrogens is 172 g/mol. The van der Waals surface area contributed by atoms with Gasteiger partial charge in [0.25, 0.3) is 5.89 Å². The molecule has 0 aromatic carbocycles. The number of ether oxygens (including phenoxy) is 2. The smallest absolute Gasteiger partial charge is 0.255 e. The van der Waals surface area contributed by atoms with Gasteiger partial charge in [0.2, 0.25) is 0 Å². The molecule has 0 radical (unpaired) electrons. The van der Waals surface area contributed by atoms with Gasteiger partial charge < -0.3 is 14.0 Å². The molecule has 2 heterocycles. The van der Waals surface area contributed by atoms with Gasteiger partial charge in [-0.05, 0) is 12.8 Å². The van der Waals surface area contributed by atoms with Crippen molar-refractivity contribution in [2.75, 3.05) is 13.7 Å². The molecule has 0 N–H and O–H groups in total. The number of aromatic nitrogens is 2. The monoisotopic (exact) mass is 184 g/mol. The average molecular weight is 184 g/mol. The average Bonchev–Trinajstić information content (AvgIpc) is 2.70. The van der Waals surface area contributed by atoms with E-state index in [1.165, 1.54) is 0 Å². The first-order chi connectivity index (χ1) is 6.40. The molecule has 2 rings (SSSR count). The van der Waals surface area contributed by atoms with E-state index >= 15 is 0 Å². The van der Waals surface area contributed by atoms with Crippen molar-refractivity contribution in [3.63, 3.8) is 0 Å². The Hall–Kier alpha value is -0.940. The lowest BCUT2D eigenvalue weighted by molar-refractivity contribution is 0.0835. The van der Waals surface area contributed by atoms with Crippen LogP contribution in [0.15, 0.2) is 4.52 Å². The van der Waals surface area contributed by atoms with Crippen LogP contribution in [0.3, 0.4) is 0 Å². The Balaban J connectivity index is 2.03. The molecule has 0 spiro atoms. The molecule has 1 aromatic rings. The van der Waals surface area contributed by atoms with Crippen molar-refractivity contribution in [2.45, 2.75) is 25.6 Å². The standard InChI is InChI=1S/C8H12N2O3/c1-11-5-7-9-8(13-10-7)6-3-2-4-12-6/h6H,2-5H2,1H3/t6-/m0/s1. The van der Waals surface area contributed by atoms with Crippen LogP contribution in [0.4, 0.5) is 0 Å². The highest BCUT2D eigenvalue weighted by Gasteiger charge is 2.23. The predicted molar refractivity (Wildman–Crippen MR) is 42.9 cm³/mol. The quantitative estimate of drug-likeness (QED) is 0.703. The second kappa shape index (κ2) is 3.85. The Morgan fingerprint density at radius 1 is 1.62 bits per heavy atom. The molecule has 0 bridgehead atoms. The van der Waals surface area contributed by atoms with Gasteiger partial charge in [-0.2, -0.15) is 4.98 Å². The van der Waals surface area contributed by atoms with Crippen LogP contribution in [0.5, 0.6) is 0 Å². The maximum Gasteiger partial charge on any atom is 0.255 e. The molecular formula is C8H12N2O3. The first kappa shape index (κ1) is 8.65. The van der Waals surface area contributed by atoms with Crippen LogP contribution in [0.25, 0.3) is 0 Å². The summed E-state index contributed by atoms with van der Waals surface area (Å²) in [7, 11) is 1.60. The van der Waals surface area contributed by atoms with Crippen molar-refractivity contribution < 1.29 is 14.0 Å². The summed E-state index contributed by atoms with van der Waals surface area (Å²) in [5, 5.41) is 3.76. The first-order valence-electron chi connectivity index (χ1n) is 4.33. The Kier molecular flexibility index (Phi) is 2.56. The minimum absolute atomic E-state index is 0.00175. The molecule has 0 aliphatic carbocycles. The number of nitrogens with zero attached hydrogens (tertiary/aromatic N) is 2. The third-order valence-corrected chi connectivity index (χ3v) is 1.96. The van der Waals surface area contributed by atoms with Crippen LogP contribution in [0.1, 0.15) is 30.7 Å². The van der Waals surface area contributed by atoms with E-state index in [-0.39, 0.29) is 6.10 Å². The van der Waals surface area contributed by atoms with Crippen LogP contribution in [0, 0.1) is 0 Å². The van der Waals surface area contributed by atoms with Crippen molar-refractivity contribution >= 4 is 0 Å². The summed E-state index contributed by atoms with van der Waals surface area (Å²) in [6, 6.07) is 0. The van der Waals surface area contributed by atoms with E-state index in [0.717, 1.165) is 19.4 Å². The molecule has 1 aromatic heterocycles. The van der Waals surface area contributed by atoms with Crippen LogP contribution in [0.2, 0.25) is 0 Å².